The Morgan fingerprint density at radius 3 is 2.48 bits per heavy atom. The zero-order chi connectivity index (χ0) is 17.8. The molecule has 2 amide bonds. The first kappa shape index (κ1) is 16.8. The first-order chi connectivity index (χ1) is 12.0. The second-order valence-corrected chi connectivity index (χ2v) is 5.99. The number of halogens is 1. The molecule has 0 aromatic heterocycles. The van der Waals surface area contributed by atoms with Crippen LogP contribution in [0.15, 0.2) is 53.6 Å². The van der Waals surface area contributed by atoms with Gasteiger partial charge in [-0.3, -0.25) is 9.59 Å². The molecule has 5 nitrogen and oxygen atoms in total. The number of rotatable bonds is 5. The van der Waals surface area contributed by atoms with Crippen molar-refractivity contribution in [2.45, 2.75) is 19.8 Å². The molecule has 6 heteroatoms. The van der Waals surface area contributed by atoms with Gasteiger partial charge in [0.1, 0.15) is 5.82 Å². The lowest BCUT2D eigenvalue weighted by Crippen LogP contribution is -2.19. The number of carbonyl (C=O) groups excluding carboxylic acids is 2. The van der Waals surface area contributed by atoms with Crippen LogP contribution in [0, 0.1) is 11.7 Å². The molecule has 1 aliphatic carbocycles. The van der Waals surface area contributed by atoms with E-state index in [1.54, 1.807) is 6.92 Å². The maximum absolute atomic E-state index is 12.9. The van der Waals surface area contributed by atoms with Crippen molar-refractivity contribution in [1.82, 2.24) is 5.43 Å². The summed E-state index contributed by atoms with van der Waals surface area (Å²) >= 11 is 0. The van der Waals surface area contributed by atoms with Crippen LogP contribution in [-0.4, -0.2) is 17.5 Å². The van der Waals surface area contributed by atoms with Gasteiger partial charge >= 0.3 is 0 Å². The predicted octanol–water partition coefficient (Wildman–Crippen LogP) is 3.33. The molecule has 0 spiro atoms. The Balaban J connectivity index is 1.66. The molecular weight excluding hydrogens is 321 g/mol. The van der Waals surface area contributed by atoms with Crippen molar-refractivity contribution in [2.75, 3.05) is 5.32 Å². The van der Waals surface area contributed by atoms with E-state index in [2.05, 4.69) is 15.8 Å². The molecule has 25 heavy (non-hydrogen) atoms. The van der Waals surface area contributed by atoms with E-state index in [-0.39, 0.29) is 11.8 Å². The van der Waals surface area contributed by atoms with Crippen LogP contribution in [0.2, 0.25) is 0 Å². The molecule has 0 aliphatic heterocycles. The fourth-order valence-corrected chi connectivity index (χ4v) is 2.28. The second kappa shape index (κ2) is 7.25. The molecule has 0 heterocycles. The van der Waals surface area contributed by atoms with Gasteiger partial charge in [-0.25, -0.2) is 9.82 Å². The molecule has 0 unspecified atom stereocenters. The third-order valence-electron chi connectivity index (χ3n) is 3.93. The topological polar surface area (TPSA) is 70.6 Å². The lowest BCUT2D eigenvalue weighted by atomic mass is 10.1. The number of carbonyl (C=O) groups is 2. The van der Waals surface area contributed by atoms with Gasteiger partial charge in [0.05, 0.1) is 5.71 Å². The number of benzene rings is 2. The zero-order valence-corrected chi connectivity index (χ0v) is 13.8. The minimum Gasteiger partial charge on any atom is -0.326 e. The molecule has 0 bridgehead atoms. The Morgan fingerprint density at radius 1 is 1.08 bits per heavy atom. The highest BCUT2D eigenvalue weighted by molar-refractivity contribution is 6.02. The van der Waals surface area contributed by atoms with Crippen molar-refractivity contribution >= 4 is 23.2 Å². The summed E-state index contributed by atoms with van der Waals surface area (Å²) in [6, 6.07) is 12.5. The van der Waals surface area contributed by atoms with Crippen LogP contribution in [0.4, 0.5) is 10.1 Å². The van der Waals surface area contributed by atoms with Gasteiger partial charge in [0, 0.05) is 17.2 Å². The maximum atomic E-state index is 12.9. The quantitative estimate of drug-likeness (QED) is 0.648. The van der Waals surface area contributed by atoms with Gasteiger partial charge < -0.3 is 5.32 Å². The summed E-state index contributed by atoms with van der Waals surface area (Å²) in [7, 11) is 0. The average molecular weight is 339 g/mol. The van der Waals surface area contributed by atoms with Crippen LogP contribution in [0.25, 0.3) is 0 Å². The number of hydrogen-bond acceptors (Lipinski definition) is 3. The SMILES string of the molecule is C/C(=N\NC(=O)c1ccc(F)cc1)c1cccc(NC(=O)C2CC2)c1. The van der Waals surface area contributed by atoms with Crippen molar-refractivity contribution < 1.29 is 14.0 Å². The van der Waals surface area contributed by atoms with Crippen molar-refractivity contribution in [1.29, 1.82) is 0 Å². The third kappa shape index (κ3) is 4.50. The fraction of sp³-hybridized carbons (Fsp3) is 0.211. The standard InChI is InChI=1S/C19H18FN3O2/c1-12(22-23-19(25)14-7-9-16(20)10-8-14)15-3-2-4-17(11-15)21-18(24)13-5-6-13/h2-4,7-11,13H,5-6H2,1H3,(H,21,24)(H,23,25)/b22-12+. The summed E-state index contributed by atoms with van der Waals surface area (Å²) < 4.78 is 12.9. The highest BCUT2D eigenvalue weighted by Gasteiger charge is 2.29. The average Bonchev–Trinajstić information content (AvgIpc) is 3.45. The first-order valence-corrected chi connectivity index (χ1v) is 8.04. The van der Waals surface area contributed by atoms with E-state index in [9.17, 15) is 14.0 Å². The largest absolute Gasteiger partial charge is 0.326 e. The van der Waals surface area contributed by atoms with Gasteiger partial charge in [-0.05, 0) is 61.7 Å². The number of hydrogen-bond donors (Lipinski definition) is 2. The van der Waals surface area contributed by atoms with Crippen molar-refractivity contribution in [2.24, 2.45) is 11.0 Å². The second-order valence-electron chi connectivity index (χ2n) is 5.99. The van der Waals surface area contributed by atoms with Gasteiger partial charge in [-0.2, -0.15) is 5.10 Å². The maximum Gasteiger partial charge on any atom is 0.271 e. The molecule has 1 saturated carbocycles. The first-order valence-electron chi connectivity index (χ1n) is 8.04. The summed E-state index contributed by atoms with van der Waals surface area (Å²) in [6.45, 7) is 1.76. The van der Waals surface area contributed by atoms with Crippen LogP contribution < -0.4 is 10.7 Å². The number of nitrogens with zero attached hydrogens (tertiary/aromatic N) is 1. The molecule has 2 N–H and O–H groups in total. The summed E-state index contributed by atoms with van der Waals surface area (Å²) in [5.74, 6) is -0.649. The highest BCUT2D eigenvalue weighted by Crippen LogP contribution is 2.30. The number of anilines is 1. The van der Waals surface area contributed by atoms with Gasteiger partial charge in [0.2, 0.25) is 5.91 Å². The molecule has 2 aromatic carbocycles. The Kier molecular flexibility index (Phi) is 4.88. The summed E-state index contributed by atoms with van der Waals surface area (Å²) in [5, 5.41) is 6.95. The van der Waals surface area contributed by atoms with Crippen LogP contribution in [-0.2, 0) is 4.79 Å². The molecule has 1 aliphatic rings. The summed E-state index contributed by atoms with van der Waals surface area (Å²) in [5.41, 5.74) is 4.85. The Morgan fingerprint density at radius 2 is 1.80 bits per heavy atom. The molecule has 0 saturated heterocycles. The summed E-state index contributed by atoms with van der Waals surface area (Å²) in [4.78, 5) is 23.8. The van der Waals surface area contributed by atoms with E-state index in [1.807, 2.05) is 24.3 Å². The minimum absolute atomic E-state index is 0.0383. The van der Waals surface area contributed by atoms with E-state index < -0.39 is 11.7 Å². The van der Waals surface area contributed by atoms with E-state index in [0.29, 0.717) is 17.0 Å². The number of amides is 2. The Hall–Kier alpha value is -3.02. The number of hydrazone groups is 1. The van der Waals surface area contributed by atoms with E-state index in [0.717, 1.165) is 18.4 Å². The van der Waals surface area contributed by atoms with Crippen LogP contribution in [0.3, 0.4) is 0 Å². The predicted molar refractivity (Wildman–Crippen MR) is 93.9 cm³/mol. The van der Waals surface area contributed by atoms with Gasteiger partial charge in [-0.1, -0.05) is 12.1 Å². The van der Waals surface area contributed by atoms with Gasteiger partial charge in [0.25, 0.3) is 5.91 Å². The van der Waals surface area contributed by atoms with Crippen molar-refractivity contribution in [3.63, 3.8) is 0 Å². The fourth-order valence-electron chi connectivity index (χ4n) is 2.28. The molecule has 0 radical (unpaired) electrons. The molecule has 1 fully saturated rings. The molecular formula is C19H18FN3O2. The monoisotopic (exact) mass is 339 g/mol. The molecule has 128 valence electrons. The number of nitrogens with one attached hydrogen (secondary N) is 2. The summed E-state index contributed by atoms with van der Waals surface area (Å²) in [6.07, 6.45) is 1.89. The van der Waals surface area contributed by atoms with E-state index in [1.165, 1.54) is 24.3 Å². The Bertz CT molecular complexity index is 827. The van der Waals surface area contributed by atoms with Crippen LogP contribution in [0.5, 0.6) is 0 Å². The third-order valence-corrected chi connectivity index (χ3v) is 3.93. The molecule has 0 atom stereocenters. The minimum atomic E-state index is -0.419. The van der Waals surface area contributed by atoms with Crippen molar-refractivity contribution in [3.05, 3.63) is 65.5 Å². The molecule has 2 aromatic rings. The zero-order valence-electron chi connectivity index (χ0n) is 13.8. The highest BCUT2D eigenvalue weighted by atomic mass is 19.1. The van der Waals surface area contributed by atoms with Crippen LogP contribution in [0.1, 0.15) is 35.7 Å². The lowest BCUT2D eigenvalue weighted by Gasteiger charge is -2.07. The molecule has 3 rings (SSSR count). The smallest absolute Gasteiger partial charge is 0.271 e. The van der Waals surface area contributed by atoms with Gasteiger partial charge in [-0.15, -0.1) is 0 Å². The van der Waals surface area contributed by atoms with Gasteiger partial charge in [0.15, 0.2) is 0 Å². The van der Waals surface area contributed by atoms with Crippen LogP contribution >= 0.6 is 0 Å². The van der Waals surface area contributed by atoms with E-state index >= 15 is 0 Å². The van der Waals surface area contributed by atoms with Crippen molar-refractivity contribution in [3.8, 4) is 0 Å². The van der Waals surface area contributed by atoms with E-state index in [4.69, 9.17) is 0 Å². The normalized spacial score (nSPS) is 14.1. The Labute approximate surface area is 144 Å². The lowest BCUT2D eigenvalue weighted by molar-refractivity contribution is -0.117.